The number of hydrogen-bond donors (Lipinski definition) is 1. The van der Waals surface area contributed by atoms with Gasteiger partial charge >= 0.3 is 0 Å². The van der Waals surface area contributed by atoms with Crippen molar-refractivity contribution < 1.29 is 14.6 Å². The zero-order valence-electron chi connectivity index (χ0n) is 14.9. The average Bonchev–Trinajstić information content (AvgIpc) is 2.63. The number of carbonyl (C=O) groups is 1. The second-order valence-electron chi connectivity index (χ2n) is 6.80. The average molecular weight is 339 g/mol. The van der Waals surface area contributed by atoms with E-state index in [2.05, 4.69) is 4.90 Å². The molecule has 3 rings (SSSR count). The Morgan fingerprint density at radius 3 is 2.68 bits per heavy atom. The van der Waals surface area contributed by atoms with Crippen molar-refractivity contribution in [2.75, 3.05) is 20.2 Å². The minimum absolute atomic E-state index is 0.0249. The fourth-order valence-corrected chi connectivity index (χ4v) is 3.41. The van der Waals surface area contributed by atoms with Gasteiger partial charge in [0.2, 0.25) is 0 Å². The molecule has 0 spiro atoms. The topological polar surface area (TPSA) is 49.8 Å². The molecule has 1 heterocycles. The van der Waals surface area contributed by atoms with Crippen LogP contribution in [0.25, 0.3) is 0 Å². The van der Waals surface area contributed by atoms with Crippen LogP contribution in [0.4, 0.5) is 0 Å². The molecule has 132 valence electrons. The number of nitrogens with zero attached hydrogens (tertiary/aromatic N) is 1. The lowest BCUT2D eigenvalue weighted by Gasteiger charge is -2.32. The van der Waals surface area contributed by atoms with Gasteiger partial charge in [0.05, 0.1) is 7.11 Å². The maximum atomic E-state index is 12.8. The van der Waals surface area contributed by atoms with Crippen LogP contribution in [0, 0.1) is 12.8 Å². The third-order valence-corrected chi connectivity index (χ3v) is 4.90. The molecule has 0 aliphatic carbocycles. The minimum atomic E-state index is 0.0249. The first-order valence-corrected chi connectivity index (χ1v) is 8.76. The number of likely N-dealkylation sites (tertiary alicyclic amines) is 1. The number of Topliss-reactive ketones (excluding diaryl/α,β-unsaturated/α-hetero) is 1. The largest absolute Gasteiger partial charge is 0.507 e. The number of ether oxygens (including phenoxy) is 1. The molecular weight excluding hydrogens is 314 g/mol. The highest BCUT2D eigenvalue weighted by atomic mass is 16.5. The summed E-state index contributed by atoms with van der Waals surface area (Å²) < 4.78 is 5.13. The first-order chi connectivity index (χ1) is 12.1. The second-order valence-corrected chi connectivity index (χ2v) is 6.80. The van der Waals surface area contributed by atoms with Gasteiger partial charge in [0.15, 0.2) is 5.78 Å². The number of phenolic OH excluding ortho intramolecular Hbond substituents is 1. The highest BCUT2D eigenvalue weighted by Gasteiger charge is 2.27. The molecule has 0 amide bonds. The quantitative estimate of drug-likeness (QED) is 0.842. The summed E-state index contributed by atoms with van der Waals surface area (Å²) in [7, 11) is 1.58. The Morgan fingerprint density at radius 1 is 1.24 bits per heavy atom. The van der Waals surface area contributed by atoms with E-state index >= 15 is 0 Å². The number of rotatable bonds is 5. The molecule has 0 bridgehead atoms. The molecule has 1 unspecified atom stereocenters. The summed E-state index contributed by atoms with van der Waals surface area (Å²) in [5.41, 5.74) is 2.82. The van der Waals surface area contributed by atoms with E-state index < -0.39 is 0 Å². The Labute approximate surface area is 149 Å². The van der Waals surface area contributed by atoms with Gasteiger partial charge in [-0.05, 0) is 32.4 Å². The molecule has 4 nitrogen and oxygen atoms in total. The Kier molecular flexibility index (Phi) is 5.39. The van der Waals surface area contributed by atoms with Crippen LogP contribution in [-0.4, -0.2) is 36.0 Å². The predicted octanol–water partition coefficient (Wildman–Crippen LogP) is 3.80. The van der Waals surface area contributed by atoms with Crippen LogP contribution in [0.3, 0.4) is 0 Å². The second kappa shape index (κ2) is 7.70. The molecule has 2 aromatic rings. The summed E-state index contributed by atoms with van der Waals surface area (Å²) in [6, 6.07) is 13.2. The zero-order valence-corrected chi connectivity index (χ0v) is 14.9. The lowest BCUT2D eigenvalue weighted by molar-refractivity contribution is 0.0811. The Hall–Kier alpha value is -2.33. The van der Waals surface area contributed by atoms with Gasteiger partial charge in [-0.3, -0.25) is 9.69 Å². The lowest BCUT2D eigenvalue weighted by atomic mass is 9.89. The van der Waals surface area contributed by atoms with Crippen molar-refractivity contribution in [2.45, 2.75) is 26.3 Å². The van der Waals surface area contributed by atoms with E-state index in [1.807, 2.05) is 43.3 Å². The highest BCUT2D eigenvalue weighted by molar-refractivity contribution is 5.98. The van der Waals surface area contributed by atoms with Crippen molar-refractivity contribution in [3.8, 4) is 11.5 Å². The number of methoxy groups -OCH3 is 1. The molecular formula is C21H25NO3. The van der Waals surface area contributed by atoms with E-state index in [1.165, 1.54) is 0 Å². The molecule has 2 aromatic carbocycles. The van der Waals surface area contributed by atoms with Crippen LogP contribution in [0.15, 0.2) is 42.5 Å². The number of piperidine rings is 1. The smallest absolute Gasteiger partial charge is 0.167 e. The van der Waals surface area contributed by atoms with Gasteiger partial charge in [-0.15, -0.1) is 0 Å². The highest BCUT2D eigenvalue weighted by Crippen LogP contribution is 2.27. The lowest BCUT2D eigenvalue weighted by Crippen LogP contribution is -2.38. The van der Waals surface area contributed by atoms with Crippen LogP contribution in [0.2, 0.25) is 0 Å². The van der Waals surface area contributed by atoms with Gasteiger partial charge in [0.1, 0.15) is 11.5 Å². The maximum Gasteiger partial charge on any atom is 0.167 e. The fraction of sp³-hybridized carbons (Fsp3) is 0.381. The van der Waals surface area contributed by atoms with Gasteiger partial charge in [-0.2, -0.15) is 0 Å². The van der Waals surface area contributed by atoms with Crippen LogP contribution < -0.4 is 4.74 Å². The van der Waals surface area contributed by atoms with Crippen molar-refractivity contribution in [3.63, 3.8) is 0 Å². The van der Waals surface area contributed by atoms with Gasteiger partial charge < -0.3 is 9.84 Å². The van der Waals surface area contributed by atoms with Crippen molar-refractivity contribution >= 4 is 5.78 Å². The zero-order chi connectivity index (χ0) is 17.8. The minimum Gasteiger partial charge on any atom is -0.507 e. The summed E-state index contributed by atoms with van der Waals surface area (Å²) in [6.45, 7) is 4.35. The Bertz CT molecular complexity index is 739. The molecule has 1 N–H and O–H groups in total. The standard InChI is InChI=1S/C21H25NO3/c1-15-5-7-16(8-6-15)21(24)18-4-3-11-22(14-18)13-17-9-10-19(25-2)12-20(17)23/h5-10,12,18,23H,3-4,11,13-14H2,1-2H3. The Morgan fingerprint density at radius 2 is 2.00 bits per heavy atom. The first-order valence-electron chi connectivity index (χ1n) is 8.76. The summed E-state index contributed by atoms with van der Waals surface area (Å²) in [4.78, 5) is 15.0. The van der Waals surface area contributed by atoms with Crippen LogP contribution in [0.1, 0.15) is 34.3 Å². The van der Waals surface area contributed by atoms with E-state index in [0.29, 0.717) is 12.3 Å². The predicted molar refractivity (Wildman–Crippen MR) is 98.2 cm³/mol. The third-order valence-electron chi connectivity index (χ3n) is 4.90. The van der Waals surface area contributed by atoms with Gasteiger partial charge in [0, 0.05) is 36.2 Å². The van der Waals surface area contributed by atoms with Gasteiger partial charge in [-0.1, -0.05) is 35.9 Å². The van der Waals surface area contributed by atoms with E-state index in [1.54, 1.807) is 13.2 Å². The molecule has 25 heavy (non-hydrogen) atoms. The summed E-state index contributed by atoms with van der Waals surface area (Å²) >= 11 is 0. The van der Waals surface area contributed by atoms with Crippen molar-refractivity contribution in [1.82, 2.24) is 4.90 Å². The summed E-state index contributed by atoms with van der Waals surface area (Å²) in [5, 5.41) is 10.2. The summed E-state index contributed by atoms with van der Waals surface area (Å²) in [5.74, 6) is 1.14. The molecule has 0 saturated carbocycles. The van der Waals surface area contributed by atoms with Crippen LogP contribution in [0.5, 0.6) is 11.5 Å². The van der Waals surface area contributed by atoms with Gasteiger partial charge in [0.25, 0.3) is 0 Å². The SMILES string of the molecule is COc1ccc(CN2CCCC(C(=O)c3ccc(C)cc3)C2)c(O)c1. The number of carbonyl (C=O) groups excluding carboxylic acids is 1. The Balaban J connectivity index is 1.66. The molecule has 1 aliphatic rings. The molecule has 4 heteroatoms. The van der Waals surface area contributed by atoms with E-state index in [9.17, 15) is 9.90 Å². The molecule has 1 atom stereocenters. The number of aromatic hydroxyl groups is 1. The maximum absolute atomic E-state index is 12.8. The number of benzene rings is 2. The molecule has 1 saturated heterocycles. The van der Waals surface area contributed by atoms with Crippen molar-refractivity contribution in [2.24, 2.45) is 5.92 Å². The van der Waals surface area contributed by atoms with Crippen molar-refractivity contribution in [1.29, 1.82) is 0 Å². The fourth-order valence-electron chi connectivity index (χ4n) is 3.41. The van der Waals surface area contributed by atoms with Gasteiger partial charge in [-0.25, -0.2) is 0 Å². The van der Waals surface area contributed by atoms with E-state index in [-0.39, 0.29) is 17.5 Å². The number of aryl methyl sites for hydroxylation is 1. The molecule has 1 aliphatic heterocycles. The first kappa shape index (κ1) is 17.5. The molecule has 0 aromatic heterocycles. The van der Waals surface area contributed by atoms with Crippen LogP contribution in [-0.2, 0) is 6.54 Å². The molecule has 1 fully saturated rings. The normalized spacial score (nSPS) is 18.1. The van der Waals surface area contributed by atoms with Crippen LogP contribution >= 0.6 is 0 Å². The monoisotopic (exact) mass is 339 g/mol. The van der Waals surface area contributed by atoms with E-state index in [0.717, 1.165) is 42.6 Å². The molecule has 0 radical (unpaired) electrons. The third kappa shape index (κ3) is 4.20. The number of hydrogen-bond acceptors (Lipinski definition) is 4. The summed E-state index contributed by atoms with van der Waals surface area (Å²) in [6.07, 6.45) is 1.93. The van der Waals surface area contributed by atoms with E-state index in [4.69, 9.17) is 4.74 Å². The van der Waals surface area contributed by atoms with Crippen molar-refractivity contribution in [3.05, 3.63) is 59.2 Å². The number of ketones is 1. The number of phenols is 1.